The van der Waals surface area contributed by atoms with Crippen LogP contribution < -0.4 is 0 Å². The highest BCUT2D eigenvalue weighted by Crippen LogP contribution is 2.63. The topological polar surface area (TPSA) is 74.2 Å². The number of carbonyl (C=O) groups excluding carboxylic acids is 1. The van der Waals surface area contributed by atoms with Crippen molar-refractivity contribution in [2.24, 2.45) is 23.2 Å². The molecule has 5 fully saturated rings. The lowest BCUT2D eigenvalue weighted by Gasteiger charge is -2.55. The van der Waals surface area contributed by atoms with Crippen molar-refractivity contribution in [1.82, 2.24) is 0 Å². The Morgan fingerprint density at radius 2 is 1.89 bits per heavy atom. The second kappa shape index (κ2) is 10.0. The Bertz CT molecular complexity index is 1060. The summed E-state index contributed by atoms with van der Waals surface area (Å²) in [5.41, 5.74) is 2.54. The minimum absolute atomic E-state index is 0.0876. The molecule has 0 aromatic rings. The Morgan fingerprint density at radius 1 is 1.08 bits per heavy atom. The highest BCUT2D eigenvalue weighted by molar-refractivity contribution is 5.87. The van der Waals surface area contributed by atoms with Crippen molar-refractivity contribution in [1.29, 1.82) is 0 Å². The van der Waals surface area contributed by atoms with Crippen LogP contribution in [0.3, 0.4) is 0 Å². The standard InChI is InChI=1S/C32H44O6/c1-4-22(9-8-21(2)38-28-7-5-6-16-35-28)24-19-30(3)25(10-11-27(30)33)23-12-14-31(34)20-32(36-17-18-37-32)15-13-26(31)29(23)24/h4,8-9,23-25,28,34H,2,5-7,10-20H2,1,3H3/b9-8-,22-4+/t23?,24-,25?,28?,30+,31-/m1/s1. The minimum atomic E-state index is -0.906. The first-order valence-electron chi connectivity index (χ1n) is 14.9. The van der Waals surface area contributed by atoms with Crippen LogP contribution in [0.25, 0.3) is 0 Å². The average molecular weight is 525 g/mol. The maximum atomic E-state index is 13.3. The lowest BCUT2D eigenvalue weighted by molar-refractivity contribution is -0.208. The fourth-order valence-corrected chi connectivity index (χ4v) is 8.70. The summed E-state index contributed by atoms with van der Waals surface area (Å²) in [4.78, 5) is 13.3. The number of fused-ring (bicyclic) bond motifs is 4. The van der Waals surface area contributed by atoms with Gasteiger partial charge < -0.3 is 24.1 Å². The molecular formula is C32H44O6. The average Bonchev–Trinajstić information content (AvgIpc) is 3.47. The third kappa shape index (κ3) is 4.46. The first-order valence-corrected chi connectivity index (χ1v) is 14.9. The fourth-order valence-electron chi connectivity index (χ4n) is 8.70. The fraction of sp³-hybridized carbons (Fsp3) is 0.719. The summed E-state index contributed by atoms with van der Waals surface area (Å²) in [7, 11) is 0. The highest BCUT2D eigenvalue weighted by Gasteiger charge is 2.60. The molecule has 0 radical (unpaired) electrons. The zero-order chi connectivity index (χ0) is 26.5. The van der Waals surface area contributed by atoms with Crippen molar-refractivity contribution >= 4 is 5.78 Å². The number of aliphatic hydroxyl groups is 1. The number of carbonyl (C=O) groups is 1. The molecule has 2 saturated heterocycles. The van der Waals surface area contributed by atoms with E-state index in [0.717, 1.165) is 58.0 Å². The van der Waals surface area contributed by atoms with Gasteiger partial charge in [-0.25, -0.2) is 0 Å². The van der Waals surface area contributed by atoms with E-state index in [0.29, 0.717) is 55.9 Å². The molecule has 6 nitrogen and oxygen atoms in total. The van der Waals surface area contributed by atoms with Crippen molar-refractivity contribution in [3.05, 3.63) is 47.3 Å². The Labute approximate surface area is 227 Å². The molecule has 0 amide bonds. The van der Waals surface area contributed by atoms with Crippen LogP contribution in [0.1, 0.15) is 84.5 Å². The van der Waals surface area contributed by atoms with Crippen LogP contribution in [0.15, 0.2) is 47.3 Å². The van der Waals surface area contributed by atoms with Crippen molar-refractivity contribution in [2.45, 2.75) is 102 Å². The van der Waals surface area contributed by atoms with Gasteiger partial charge in [-0.3, -0.25) is 4.79 Å². The van der Waals surface area contributed by atoms with Crippen molar-refractivity contribution in [2.75, 3.05) is 19.8 Å². The third-order valence-corrected chi connectivity index (χ3v) is 10.6. The van der Waals surface area contributed by atoms with Crippen LogP contribution in [0, 0.1) is 23.2 Å². The number of Topliss-reactive ketones (excluding diaryl/α,β-unsaturated/α-hetero) is 1. The van der Waals surface area contributed by atoms with E-state index >= 15 is 0 Å². The number of hydrogen-bond donors (Lipinski definition) is 1. The van der Waals surface area contributed by atoms with E-state index < -0.39 is 11.4 Å². The Hall–Kier alpha value is -1.73. The van der Waals surface area contributed by atoms with E-state index in [4.69, 9.17) is 18.9 Å². The molecule has 3 saturated carbocycles. The summed E-state index contributed by atoms with van der Waals surface area (Å²) >= 11 is 0. The maximum absolute atomic E-state index is 13.3. The third-order valence-electron chi connectivity index (χ3n) is 10.6. The SMILES string of the molecule is C=C(/C=C\C(=C/C)[C@H]1C[C@]2(C)C(=O)CCC2C2CC[C@@]3(O)CC4(CCC3=C21)OCCO4)OC1CCCCO1. The highest BCUT2D eigenvalue weighted by atomic mass is 16.7. The molecule has 208 valence electrons. The van der Waals surface area contributed by atoms with Gasteiger partial charge in [-0.05, 0) is 80.9 Å². The molecule has 1 N–H and O–H groups in total. The summed E-state index contributed by atoms with van der Waals surface area (Å²) in [6, 6.07) is 0. The molecule has 4 aliphatic carbocycles. The van der Waals surface area contributed by atoms with E-state index in [9.17, 15) is 9.90 Å². The predicted octanol–water partition coefficient (Wildman–Crippen LogP) is 5.92. The molecule has 0 aromatic carbocycles. The summed E-state index contributed by atoms with van der Waals surface area (Å²) < 4.78 is 23.8. The number of ether oxygens (including phenoxy) is 4. The van der Waals surface area contributed by atoms with Gasteiger partial charge in [0.2, 0.25) is 0 Å². The summed E-state index contributed by atoms with van der Waals surface area (Å²) in [5.74, 6) is 1.14. The smallest absolute Gasteiger partial charge is 0.199 e. The van der Waals surface area contributed by atoms with Crippen LogP contribution in [0.2, 0.25) is 0 Å². The minimum Gasteiger partial charge on any atom is -0.466 e. The van der Waals surface area contributed by atoms with Gasteiger partial charge >= 0.3 is 0 Å². The zero-order valence-corrected chi connectivity index (χ0v) is 23.1. The first kappa shape index (κ1) is 26.5. The van der Waals surface area contributed by atoms with E-state index in [-0.39, 0.29) is 17.6 Å². The van der Waals surface area contributed by atoms with Gasteiger partial charge in [0, 0.05) is 37.0 Å². The maximum Gasteiger partial charge on any atom is 0.199 e. The van der Waals surface area contributed by atoms with E-state index in [1.165, 1.54) is 16.7 Å². The second-order valence-electron chi connectivity index (χ2n) is 12.6. The molecule has 1 spiro atoms. The lowest BCUT2D eigenvalue weighted by atomic mass is 9.51. The quantitative estimate of drug-likeness (QED) is 0.274. The van der Waals surface area contributed by atoms with Crippen LogP contribution in [-0.4, -0.2) is 48.4 Å². The van der Waals surface area contributed by atoms with Crippen LogP contribution in [0.5, 0.6) is 0 Å². The Morgan fingerprint density at radius 3 is 2.63 bits per heavy atom. The number of rotatable bonds is 5. The van der Waals surface area contributed by atoms with Crippen LogP contribution in [0.4, 0.5) is 0 Å². The van der Waals surface area contributed by atoms with Gasteiger partial charge in [0.05, 0.1) is 25.4 Å². The van der Waals surface area contributed by atoms with Gasteiger partial charge in [0.1, 0.15) is 11.5 Å². The molecule has 0 aromatic heterocycles. The number of allylic oxidation sites excluding steroid dienone is 5. The molecule has 3 unspecified atom stereocenters. The van der Waals surface area contributed by atoms with Crippen LogP contribution >= 0.6 is 0 Å². The lowest BCUT2D eigenvalue weighted by Crippen LogP contribution is -2.53. The summed E-state index contributed by atoms with van der Waals surface area (Å²) in [5, 5.41) is 12.1. The number of ketones is 1. The molecule has 6 heteroatoms. The van der Waals surface area contributed by atoms with Gasteiger partial charge in [-0.2, -0.15) is 0 Å². The van der Waals surface area contributed by atoms with E-state index in [1.807, 2.05) is 6.08 Å². The molecule has 6 rings (SSSR count). The molecular weight excluding hydrogens is 480 g/mol. The molecule has 6 atom stereocenters. The van der Waals surface area contributed by atoms with Crippen molar-refractivity contribution in [3.8, 4) is 0 Å². The van der Waals surface area contributed by atoms with Crippen molar-refractivity contribution in [3.63, 3.8) is 0 Å². The number of hydrogen-bond acceptors (Lipinski definition) is 6. The molecule has 0 bridgehead atoms. The zero-order valence-electron chi connectivity index (χ0n) is 23.1. The largest absolute Gasteiger partial charge is 0.466 e. The van der Waals surface area contributed by atoms with Gasteiger partial charge in [0.15, 0.2) is 12.1 Å². The van der Waals surface area contributed by atoms with Gasteiger partial charge in [-0.1, -0.05) is 31.2 Å². The molecule has 6 aliphatic rings. The molecule has 38 heavy (non-hydrogen) atoms. The Kier molecular flexibility index (Phi) is 6.99. The molecule has 2 heterocycles. The van der Waals surface area contributed by atoms with E-state index in [1.54, 1.807) is 0 Å². The van der Waals surface area contributed by atoms with Gasteiger partial charge in [0.25, 0.3) is 0 Å². The summed E-state index contributed by atoms with van der Waals surface area (Å²) in [6.45, 7) is 10.3. The van der Waals surface area contributed by atoms with Gasteiger partial charge in [-0.15, -0.1) is 0 Å². The van der Waals surface area contributed by atoms with Crippen molar-refractivity contribution < 1.29 is 28.8 Å². The second-order valence-corrected chi connectivity index (χ2v) is 12.6. The normalized spacial score (nSPS) is 40.8. The monoisotopic (exact) mass is 524 g/mol. The molecule has 2 aliphatic heterocycles. The van der Waals surface area contributed by atoms with Crippen LogP contribution in [-0.2, 0) is 23.7 Å². The first-order chi connectivity index (χ1) is 18.3. The van der Waals surface area contributed by atoms with E-state index in [2.05, 4.69) is 32.6 Å². The Balaban J connectivity index is 1.33. The summed E-state index contributed by atoms with van der Waals surface area (Å²) in [6.07, 6.45) is 15.2. The predicted molar refractivity (Wildman–Crippen MR) is 144 cm³/mol.